The summed E-state index contributed by atoms with van der Waals surface area (Å²) in [5.41, 5.74) is 0.466. The van der Waals surface area contributed by atoms with Gasteiger partial charge >= 0.3 is 5.97 Å². The largest absolute Gasteiger partial charge is 0.494 e. The van der Waals surface area contributed by atoms with Crippen LogP contribution < -0.4 is 4.74 Å². The molecule has 0 saturated heterocycles. The highest BCUT2D eigenvalue weighted by Gasteiger charge is 2.34. The summed E-state index contributed by atoms with van der Waals surface area (Å²) >= 11 is 0. The maximum Gasteiger partial charge on any atom is 0.373 e. The van der Waals surface area contributed by atoms with Crippen molar-refractivity contribution in [3.63, 3.8) is 0 Å². The highest BCUT2D eigenvalue weighted by molar-refractivity contribution is 5.89. The first-order valence-electron chi connectivity index (χ1n) is 9.48. The molecule has 1 saturated carbocycles. The van der Waals surface area contributed by atoms with E-state index in [2.05, 4.69) is 27.7 Å². The Morgan fingerprint density at radius 2 is 1.92 bits per heavy atom. The van der Waals surface area contributed by atoms with Crippen molar-refractivity contribution >= 4 is 5.97 Å². The number of hydrogen-bond acceptors (Lipinski definition) is 4. The van der Waals surface area contributed by atoms with Gasteiger partial charge in [0.1, 0.15) is 5.75 Å². The van der Waals surface area contributed by atoms with Crippen LogP contribution >= 0.6 is 0 Å². The van der Waals surface area contributed by atoms with Crippen molar-refractivity contribution in [1.82, 2.24) is 0 Å². The molecule has 1 radical (unpaired) electrons. The Kier molecular flexibility index (Phi) is 7.76. The molecule has 1 fully saturated rings. The van der Waals surface area contributed by atoms with E-state index in [9.17, 15) is 4.79 Å². The fourth-order valence-electron chi connectivity index (χ4n) is 3.18. The Morgan fingerprint density at radius 1 is 1.20 bits per heavy atom. The van der Waals surface area contributed by atoms with E-state index in [4.69, 9.17) is 14.5 Å². The minimum Gasteiger partial charge on any atom is -0.494 e. The Labute approximate surface area is 151 Å². The zero-order valence-electron chi connectivity index (χ0n) is 15.9. The third kappa shape index (κ3) is 6.03. The van der Waals surface area contributed by atoms with E-state index in [-0.39, 0.29) is 0 Å². The predicted octanol–water partition coefficient (Wildman–Crippen LogP) is 5.58. The van der Waals surface area contributed by atoms with Crippen LogP contribution in [0.5, 0.6) is 5.75 Å². The van der Waals surface area contributed by atoms with Crippen molar-refractivity contribution in [2.45, 2.75) is 59.8 Å². The van der Waals surface area contributed by atoms with Crippen molar-refractivity contribution < 1.29 is 19.3 Å². The molecular weight excluding hydrogens is 316 g/mol. The lowest BCUT2D eigenvalue weighted by Crippen LogP contribution is -2.28. The highest BCUT2D eigenvalue weighted by atomic mass is 17.2. The lowest BCUT2D eigenvalue weighted by atomic mass is 9.75. The first-order chi connectivity index (χ1) is 12.0. The molecule has 2 rings (SSSR count). The molecule has 1 aromatic rings. The second-order valence-electron chi connectivity index (χ2n) is 7.38. The Bertz CT molecular complexity index is 523. The van der Waals surface area contributed by atoms with Gasteiger partial charge in [0.15, 0.2) is 6.10 Å². The minimum atomic E-state index is -0.464. The number of ether oxygens (including phenoxy) is 1. The van der Waals surface area contributed by atoms with E-state index < -0.39 is 5.97 Å². The van der Waals surface area contributed by atoms with Crippen LogP contribution in [0.15, 0.2) is 24.3 Å². The maximum atomic E-state index is 12.2. The van der Waals surface area contributed by atoms with Crippen LogP contribution in [-0.4, -0.2) is 12.6 Å². The molecule has 1 aromatic carbocycles. The van der Waals surface area contributed by atoms with Gasteiger partial charge in [-0.15, -0.1) is 0 Å². The summed E-state index contributed by atoms with van der Waals surface area (Å²) in [6.45, 7) is 9.39. The number of carbonyl (C=O) groups is 1. The van der Waals surface area contributed by atoms with Gasteiger partial charge in [0.2, 0.25) is 0 Å². The first kappa shape index (κ1) is 19.8. The van der Waals surface area contributed by atoms with Gasteiger partial charge < -0.3 is 4.74 Å². The van der Waals surface area contributed by atoms with E-state index in [1.807, 2.05) is 0 Å². The molecule has 25 heavy (non-hydrogen) atoms. The number of carbonyl (C=O) groups excluding carboxylic acids is 1. The lowest BCUT2D eigenvalue weighted by Gasteiger charge is -2.34. The van der Waals surface area contributed by atoms with E-state index in [1.54, 1.807) is 24.3 Å². The minimum absolute atomic E-state index is 0.360. The Morgan fingerprint density at radius 3 is 2.56 bits per heavy atom. The van der Waals surface area contributed by atoms with Crippen molar-refractivity contribution in [2.24, 2.45) is 17.8 Å². The topological polar surface area (TPSA) is 44.8 Å². The lowest BCUT2D eigenvalue weighted by molar-refractivity contribution is -0.251. The van der Waals surface area contributed by atoms with E-state index in [1.165, 1.54) is 6.42 Å². The van der Waals surface area contributed by atoms with Crippen LogP contribution in [0.4, 0.5) is 0 Å². The van der Waals surface area contributed by atoms with Crippen LogP contribution in [0.1, 0.15) is 70.2 Å². The van der Waals surface area contributed by atoms with Gasteiger partial charge in [0.05, 0.1) is 12.2 Å². The number of benzene rings is 1. The summed E-state index contributed by atoms with van der Waals surface area (Å²) in [4.78, 5) is 22.8. The van der Waals surface area contributed by atoms with Crippen LogP contribution in [0.25, 0.3) is 0 Å². The van der Waals surface area contributed by atoms with Crippen molar-refractivity contribution in [3.8, 4) is 5.75 Å². The summed E-state index contributed by atoms with van der Waals surface area (Å²) in [6.07, 6.45) is 6.17. The molecule has 1 aliphatic rings. The summed E-state index contributed by atoms with van der Waals surface area (Å²) in [5, 5.41) is 0. The average molecular weight is 347 g/mol. The molecule has 0 aliphatic heterocycles. The molecule has 2 atom stereocenters. The van der Waals surface area contributed by atoms with Crippen molar-refractivity contribution in [1.29, 1.82) is 0 Å². The smallest absolute Gasteiger partial charge is 0.373 e. The van der Waals surface area contributed by atoms with Gasteiger partial charge in [-0.25, -0.2) is 4.79 Å². The van der Waals surface area contributed by atoms with Crippen molar-refractivity contribution in [3.05, 3.63) is 35.9 Å². The molecule has 4 heteroatoms. The molecule has 0 bridgehead atoms. The Hall–Kier alpha value is -1.55. The quantitative estimate of drug-likeness (QED) is 0.350. The monoisotopic (exact) mass is 347 g/mol. The number of rotatable bonds is 8. The molecule has 0 aromatic heterocycles. The highest BCUT2D eigenvalue weighted by Crippen LogP contribution is 2.40. The fourth-order valence-corrected chi connectivity index (χ4v) is 3.18. The Balaban J connectivity index is 1.86. The molecule has 0 N–H and O–H groups in total. The molecule has 4 nitrogen and oxygen atoms in total. The molecule has 0 amide bonds. The van der Waals surface area contributed by atoms with E-state index in [0.717, 1.165) is 37.5 Å². The molecule has 0 spiro atoms. The van der Waals surface area contributed by atoms with E-state index in [0.29, 0.717) is 29.9 Å². The third-order valence-electron chi connectivity index (χ3n) is 4.82. The SMILES string of the molecule is CCCCOc1ccc(C(=O)OO[C]2CC(C)CCC2C(C)C)cc1. The van der Waals surface area contributed by atoms with Gasteiger partial charge in [-0.3, -0.25) is 4.89 Å². The summed E-state index contributed by atoms with van der Waals surface area (Å²) in [7, 11) is 0. The van der Waals surface area contributed by atoms with Gasteiger partial charge in [-0.05, 0) is 61.3 Å². The molecule has 139 valence electrons. The molecule has 0 heterocycles. The standard InChI is InChI=1S/C21H31O4/c1-5-6-13-23-18-10-8-17(9-11-18)21(22)25-24-20-14-16(4)7-12-19(20)15(2)3/h8-11,15-16,19H,5-7,12-14H2,1-4H3. The van der Waals surface area contributed by atoms with Gasteiger partial charge in [-0.2, -0.15) is 4.89 Å². The van der Waals surface area contributed by atoms with Crippen LogP contribution in [0.2, 0.25) is 0 Å². The van der Waals surface area contributed by atoms with Gasteiger partial charge in [0, 0.05) is 0 Å². The molecular formula is C21H31O4. The van der Waals surface area contributed by atoms with Gasteiger partial charge in [0.25, 0.3) is 0 Å². The molecule has 1 aliphatic carbocycles. The number of hydrogen-bond donors (Lipinski definition) is 0. The predicted molar refractivity (Wildman–Crippen MR) is 97.9 cm³/mol. The van der Waals surface area contributed by atoms with Crippen LogP contribution in [0.3, 0.4) is 0 Å². The fraction of sp³-hybridized carbons (Fsp3) is 0.619. The van der Waals surface area contributed by atoms with Crippen molar-refractivity contribution in [2.75, 3.05) is 6.61 Å². The van der Waals surface area contributed by atoms with Crippen LogP contribution in [0, 0.1) is 23.9 Å². The first-order valence-corrected chi connectivity index (χ1v) is 9.48. The van der Waals surface area contributed by atoms with Gasteiger partial charge in [-0.1, -0.05) is 40.5 Å². The second kappa shape index (κ2) is 9.81. The zero-order valence-corrected chi connectivity index (χ0v) is 15.9. The maximum absolute atomic E-state index is 12.2. The second-order valence-corrected chi connectivity index (χ2v) is 7.38. The zero-order chi connectivity index (χ0) is 18.2. The normalized spacial score (nSPS) is 21.3. The van der Waals surface area contributed by atoms with E-state index >= 15 is 0 Å². The summed E-state index contributed by atoms with van der Waals surface area (Å²) in [6, 6.07) is 7.00. The summed E-state index contributed by atoms with van der Waals surface area (Å²) in [5.74, 6) is 1.72. The van der Waals surface area contributed by atoms with Crippen LogP contribution in [-0.2, 0) is 9.78 Å². The third-order valence-corrected chi connectivity index (χ3v) is 4.82. The average Bonchev–Trinajstić information content (AvgIpc) is 2.60. The number of unbranched alkanes of at least 4 members (excludes halogenated alkanes) is 1. The molecule has 2 unspecified atom stereocenters. The summed E-state index contributed by atoms with van der Waals surface area (Å²) < 4.78 is 5.60.